The Bertz CT molecular complexity index is 906. The van der Waals surface area contributed by atoms with Crippen molar-refractivity contribution in [2.45, 2.75) is 32.7 Å². The van der Waals surface area contributed by atoms with E-state index in [0.29, 0.717) is 17.9 Å². The van der Waals surface area contributed by atoms with Crippen LogP contribution in [0.5, 0.6) is 0 Å². The molecule has 146 valence electrons. The van der Waals surface area contributed by atoms with E-state index in [0.717, 1.165) is 11.3 Å². The number of anilines is 2. The summed E-state index contributed by atoms with van der Waals surface area (Å²) < 4.78 is 0. The van der Waals surface area contributed by atoms with Crippen LogP contribution in [0.2, 0.25) is 0 Å². The molecule has 0 spiro atoms. The molecule has 2 N–H and O–H groups in total. The Hall–Kier alpha value is -2.92. The lowest BCUT2D eigenvalue weighted by Gasteiger charge is -2.19. The number of benzene rings is 1. The third-order valence-electron chi connectivity index (χ3n) is 4.27. The average Bonchev–Trinajstić information content (AvgIpc) is 2.67. The number of hydrogen-bond acceptors (Lipinski definition) is 4. The summed E-state index contributed by atoms with van der Waals surface area (Å²) >= 11 is 0. The summed E-state index contributed by atoms with van der Waals surface area (Å²) in [6.07, 6.45) is 5.15. The second-order valence-electron chi connectivity index (χ2n) is 7.39. The fourth-order valence-electron chi connectivity index (χ4n) is 2.67. The van der Waals surface area contributed by atoms with Gasteiger partial charge in [0, 0.05) is 30.8 Å². The quantitative estimate of drug-likeness (QED) is 0.632. The van der Waals surface area contributed by atoms with Crippen LogP contribution in [0.1, 0.15) is 42.3 Å². The summed E-state index contributed by atoms with van der Waals surface area (Å²) in [6, 6.07) is 15.3. The summed E-state index contributed by atoms with van der Waals surface area (Å²) in [5, 5.41) is 6.17. The fourth-order valence-corrected chi connectivity index (χ4v) is 2.67. The first kappa shape index (κ1) is 21.4. The van der Waals surface area contributed by atoms with Crippen molar-refractivity contribution in [2.75, 3.05) is 10.6 Å². The molecule has 0 aliphatic heterocycles. The second-order valence-corrected chi connectivity index (χ2v) is 7.39. The highest BCUT2D eigenvalue weighted by molar-refractivity contribution is 6.07. The molecule has 0 bridgehead atoms. The van der Waals surface area contributed by atoms with Crippen LogP contribution in [0.3, 0.4) is 0 Å². The number of amides is 1. The molecule has 2 heterocycles. The molecule has 0 atom stereocenters. The lowest BCUT2D eigenvalue weighted by Crippen LogP contribution is -2.16. The van der Waals surface area contributed by atoms with E-state index >= 15 is 0 Å². The van der Waals surface area contributed by atoms with Crippen molar-refractivity contribution in [1.29, 1.82) is 0 Å². The third kappa shape index (κ3) is 5.54. The van der Waals surface area contributed by atoms with Crippen molar-refractivity contribution < 1.29 is 4.79 Å². The summed E-state index contributed by atoms with van der Waals surface area (Å²) in [4.78, 5) is 21.0. The largest absolute Gasteiger partial charge is 0.365 e. The van der Waals surface area contributed by atoms with Gasteiger partial charge in [-0.25, -0.2) is 4.98 Å². The minimum Gasteiger partial charge on any atom is -0.365 e. The van der Waals surface area contributed by atoms with Gasteiger partial charge in [-0.3, -0.25) is 9.78 Å². The lowest BCUT2D eigenvalue weighted by atomic mass is 9.87. The zero-order chi connectivity index (χ0) is 19.3. The van der Waals surface area contributed by atoms with Gasteiger partial charge >= 0.3 is 0 Å². The van der Waals surface area contributed by atoms with Gasteiger partial charge in [-0.1, -0.05) is 32.9 Å². The molecule has 1 amide bonds. The molecule has 1 aromatic carbocycles. The molecule has 0 aliphatic rings. The summed E-state index contributed by atoms with van der Waals surface area (Å²) in [6.45, 7) is 7.06. The lowest BCUT2D eigenvalue weighted by molar-refractivity contribution is 0.102. The van der Waals surface area contributed by atoms with Gasteiger partial charge < -0.3 is 10.6 Å². The molecule has 6 heteroatoms. The van der Waals surface area contributed by atoms with Crippen LogP contribution in [-0.4, -0.2) is 15.9 Å². The number of hydrogen-bond donors (Lipinski definition) is 2. The van der Waals surface area contributed by atoms with Gasteiger partial charge in [0.25, 0.3) is 5.91 Å². The van der Waals surface area contributed by atoms with E-state index in [9.17, 15) is 4.79 Å². The average molecular weight is 397 g/mol. The smallest absolute Gasteiger partial charge is 0.259 e. The van der Waals surface area contributed by atoms with E-state index < -0.39 is 0 Å². The molecule has 28 heavy (non-hydrogen) atoms. The molecule has 3 rings (SSSR count). The topological polar surface area (TPSA) is 66.9 Å². The molecule has 0 saturated carbocycles. The number of carbonyl (C=O) groups excluding carboxylic acids is 1. The van der Waals surface area contributed by atoms with Gasteiger partial charge in [-0.15, -0.1) is 12.4 Å². The Balaban J connectivity index is 0.00000280. The summed E-state index contributed by atoms with van der Waals surface area (Å²) in [7, 11) is 0. The third-order valence-corrected chi connectivity index (χ3v) is 4.27. The number of carbonyl (C=O) groups is 1. The first-order valence-corrected chi connectivity index (χ1v) is 8.93. The highest BCUT2D eigenvalue weighted by Crippen LogP contribution is 2.24. The predicted molar refractivity (Wildman–Crippen MR) is 116 cm³/mol. The number of aromatic nitrogens is 2. The van der Waals surface area contributed by atoms with E-state index in [-0.39, 0.29) is 23.7 Å². The monoisotopic (exact) mass is 396 g/mol. The number of halogens is 1. The fraction of sp³-hybridized carbons (Fsp3) is 0.227. The first-order chi connectivity index (χ1) is 12.9. The molecule has 0 fully saturated rings. The van der Waals surface area contributed by atoms with Gasteiger partial charge in [0.15, 0.2) is 0 Å². The molecule has 2 aromatic heterocycles. The number of nitrogens with one attached hydrogen (secondary N) is 2. The van der Waals surface area contributed by atoms with Gasteiger partial charge in [0.05, 0.1) is 5.56 Å². The summed E-state index contributed by atoms with van der Waals surface area (Å²) in [5.41, 5.74) is 3.64. The molecule has 3 aromatic rings. The molecular weight excluding hydrogens is 372 g/mol. The Labute approximate surface area is 172 Å². The SMILES string of the molecule is CC(C)(C)c1ccc(NC(=O)c2cccnc2NCc2ccncc2)cc1.Cl. The highest BCUT2D eigenvalue weighted by Gasteiger charge is 2.15. The van der Waals surface area contributed by atoms with Crippen LogP contribution in [0.4, 0.5) is 11.5 Å². The van der Waals surface area contributed by atoms with E-state index in [1.807, 2.05) is 36.4 Å². The minimum atomic E-state index is -0.191. The zero-order valence-electron chi connectivity index (χ0n) is 16.3. The van der Waals surface area contributed by atoms with Crippen LogP contribution < -0.4 is 10.6 Å². The van der Waals surface area contributed by atoms with E-state index in [4.69, 9.17) is 0 Å². The van der Waals surface area contributed by atoms with Crippen molar-refractivity contribution in [1.82, 2.24) is 9.97 Å². The van der Waals surface area contributed by atoms with E-state index in [1.165, 1.54) is 5.56 Å². The summed E-state index contributed by atoms with van der Waals surface area (Å²) in [5.74, 6) is 0.363. The van der Waals surface area contributed by atoms with Gasteiger partial charge in [0.2, 0.25) is 0 Å². The zero-order valence-corrected chi connectivity index (χ0v) is 17.1. The second kappa shape index (κ2) is 9.33. The van der Waals surface area contributed by atoms with Crippen LogP contribution in [0, 0.1) is 0 Å². The van der Waals surface area contributed by atoms with E-state index in [2.05, 4.69) is 41.4 Å². The van der Waals surface area contributed by atoms with Crippen molar-refractivity contribution in [2.24, 2.45) is 0 Å². The van der Waals surface area contributed by atoms with Crippen molar-refractivity contribution in [3.63, 3.8) is 0 Å². The van der Waals surface area contributed by atoms with Crippen LogP contribution in [0.25, 0.3) is 0 Å². The maximum absolute atomic E-state index is 12.7. The van der Waals surface area contributed by atoms with Gasteiger partial charge in [0.1, 0.15) is 5.82 Å². The molecule has 5 nitrogen and oxygen atoms in total. The maximum atomic E-state index is 12.7. The van der Waals surface area contributed by atoms with Crippen molar-refractivity contribution >= 4 is 29.8 Å². The standard InChI is InChI=1S/C22H24N4O.ClH/c1-22(2,3)17-6-8-18(9-7-17)26-21(27)19-5-4-12-24-20(19)25-15-16-10-13-23-14-11-16;/h4-14H,15H2,1-3H3,(H,24,25)(H,26,27);1H. The molecule has 0 saturated heterocycles. The maximum Gasteiger partial charge on any atom is 0.259 e. The molecule has 0 unspecified atom stereocenters. The Morgan fingerprint density at radius 1 is 0.964 bits per heavy atom. The van der Waals surface area contributed by atoms with Crippen LogP contribution in [-0.2, 0) is 12.0 Å². The van der Waals surface area contributed by atoms with Crippen molar-refractivity contribution in [3.05, 3.63) is 83.8 Å². The highest BCUT2D eigenvalue weighted by atomic mass is 35.5. The van der Waals surface area contributed by atoms with Crippen LogP contribution >= 0.6 is 12.4 Å². The number of pyridine rings is 2. The molecule has 0 radical (unpaired) electrons. The van der Waals surface area contributed by atoms with E-state index in [1.54, 1.807) is 30.7 Å². The van der Waals surface area contributed by atoms with Gasteiger partial charge in [-0.05, 0) is 52.9 Å². The predicted octanol–water partition coefficient (Wildman–Crippen LogP) is 5.06. The van der Waals surface area contributed by atoms with Crippen LogP contribution in [0.15, 0.2) is 67.1 Å². The number of rotatable bonds is 5. The van der Waals surface area contributed by atoms with Gasteiger partial charge in [-0.2, -0.15) is 0 Å². The Morgan fingerprint density at radius 2 is 1.64 bits per heavy atom. The van der Waals surface area contributed by atoms with Crippen molar-refractivity contribution in [3.8, 4) is 0 Å². The number of nitrogens with zero attached hydrogens (tertiary/aromatic N) is 2. The molecule has 0 aliphatic carbocycles. The Morgan fingerprint density at radius 3 is 2.29 bits per heavy atom. The minimum absolute atomic E-state index is 0. The Kier molecular flexibility index (Phi) is 7.12. The molecular formula is C22H25ClN4O. The first-order valence-electron chi connectivity index (χ1n) is 8.93. The normalized spacial score (nSPS) is 10.7.